The zero-order valence-electron chi connectivity index (χ0n) is 14.7. The number of aromatic hydroxyl groups is 1. The molecule has 1 aromatic carbocycles. The summed E-state index contributed by atoms with van der Waals surface area (Å²) in [7, 11) is 0. The lowest BCUT2D eigenvalue weighted by Crippen LogP contribution is -2.60. The number of nitrogens with zero attached hydrogens (tertiary/aromatic N) is 2. The molecule has 0 aliphatic carbocycles. The van der Waals surface area contributed by atoms with Crippen LogP contribution in [0.5, 0.6) is 11.6 Å². The number of para-hydroxylation sites is 1. The summed E-state index contributed by atoms with van der Waals surface area (Å²) in [6, 6.07) is 10.7. The third-order valence-electron chi connectivity index (χ3n) is 4.26. The molecule has 5 heteroatoms. The highest BCUT2D eigenvalue weighted by Gasteiger charge is 2.38. The van der Waals surface area contributed by atoms with Gasteiger partial charge >= 0.3 is 0 Å². The molecule has 128 valence electrons. The monoisotopic (exact) mass is 327 g/mol. The van der Waals surface area contributed by atoms with Gasteiger partial charge in [0.2, 0.25) is 5.88 Å². The molecule has 1 aliphatic rings. The van der Waals surface area contributed by atoms with Crippen molar-refractivity contribution in [1.82, 2.24) is 15.5 Å². The summed E-state index contributed by atoms with van der Waals surface area (Å²) in [5.41, 5.74) is 1.35. The molecule has 0 spiro atoms. The van der Waals surface area contributed by atoms with Gasteiger partial charge in [0, 0.05) is 35.5 Å². The predicted octanol–water partition coefficient (Wildman–Crippen LogP) is 3.54. The average molecular weight is 327 g/mol. The molecule has 0 radical (unpaired) electrons. The van der Waals surface area contributed by atoms with Gasteiger partial charge in [-0.15, -0.1) is 10.2 Å². The van der Waals surface area contributed by atoms with Crippen molar-refractivity contribution in [3.8, 4) is 22.9 Å². The maximum absolute atomic E-state index is 9.90. The minimum Gasteiger partial charge on any atom is -0.507 e. The molecular weight excluding hydrogens is 302 g/mol. The molecule has 0 atom stereocenters. The zero-order valence-corrected chi connectivity index (χ0v) is 14.7. The van der Waals surface area contributed by atoms with Gasteiger partial charge in [0.1, 0.15) is 11.9 Å². The lowest BCUT2D eigenvalue weighted by Gasteiger charge is -2.46. The lowest BCUT2D eigenvalue weighted by atomic mass is 9.81. The van der Waals surface area contributed by atoms with Gasteiger partial charge in [-0.3, -0.25) is 0 Å². The summed E-state index contributed by atoms with van der Waals surface area (Å²) in [5.74, 6) is 0.718. The number of ether oxygens (including phenoxy) is 1. The van der Waals surface area contributed by atoms with Crippen molar-refractivity contribution in [3.05, 3.63) is 36.4 Å². The Balaban J connectivity index is 1.74. The molecule has 0 amide bonds. The molecule has 1 aliphatic heterocycles. The van der Waals surface area contributed by atoms with Gasteiger partial charge in [0.05, 0.1) is 5.69 Å². The summed E-state index contributed by atoms with van der Waals surface area (Å²) in [6.45, 7) is 8.77. The third-order valence-corrected chi connectivity index (χ3v) is 4.26. The zero-order chi connectivity index (χ0) is 17.4. The standard InChI is InChI=1S/C19H25N3O2/c1-18(2)11-13(12-19(3,4)22-18)24-17-10-9-15(20-21-17)14-7-5-6-8-16(14)23/h5-10,13,22-23H,11-12H2,1-4H3. The molecule has 24 heavy (non-hydrogen) atoms. The quantitative estimate of drug-likeness (QED) is 0.902. The van der Waals surface area contributed by atoms with Gasteiger partial charge in [0.25, 0.3) is 0 Å². The van der Waals surface area contributed by atoms with Crippen molar-refractivity contribution >= 4 is 0 Å². The van der Waals surface area contributed by atoms with Crippen molar-refractivity contribution in [2.24, 2.45) is 0 Å². The largest absolute Gasteiger partial charge is 0.507 e. The van der Waals surface area contributed by atoms with Crippen molar-refractivity contribution in [2.45, 2.75) is 57.7 Å². The molecule has 3 rings (SSSR count). The molecule has 2 aromatic rings. The van der Waals surface area contributed by atoms with E-state index in [1.807, 2.05) is 24.3 Å². The Morgan fingerprint density at radius 2 is 1.67 bits per heavy atom. The van der Waals surface area contributed by atoms with Crippen LogP contribution in [-0.2, 0) is 0 Å². The third kappa shape index (κ3) is 3.85. The molecule has 2 heterocycles. The second-order valence-electron chi connectivity index (χ2n) is 7.81. The lowest BCUT2D eigenvalue weighted by molar-refractivity contribution is 0.0524. The van der Waals surface area contributed by atoms with E-state index < -0.39 is 0 Å². The van der Waals surface area contributed by atoms with E-state index >= 15 is 0 Å². The SMILES string of the molecule is CC1(C)CC(Oc2ccc(-c3ccccc3O)nn2)CC(C)(C)N1. The molecular formula is C19H25N3O2. The van der Waals surface area contributed by atoms with Crippen LogP contribution >= 0.6 is 0 Å². The van der Waals surface area contributed by atoms with Crippen LogP contribution in [0.1, 0.15) is 40.5 Å². The van der Waals surface area contributed by atoms with Gasteiger partial charge in [0.15, 0.2) is 0 Å². The Morgan fingerprint density at radius 1 is 1.00 bits per heavy atom. The van der Waals surface area contributed by atoms with E-state index in [4.69, 9.17) is 4.74 Å². The summed E-state index contributed by atoms with van der Waals surface area (Å²) < 4.78 is 6.07. The topological polar surface area (TPSA) is 67.3 Å². The van der Waals surface area contributed by atoms with Crippen LogP contribution in [0.2, 0.25) is 0 Å². The first kappa shape index (κ1) is 16.7. The fourth-order valence-corrected chi connectivity index (χ4v) is 3.70. The highest BCUT2D eigenvalue weighted by molar-refractivity contribution is 5.66. The van der Waals surface area contributed by atoms with Crippen molar-refractivity contribution in [3.63, 3.8) is 0 Å². The van der Waals surface area contributed by atoms with E-state index in [9.17, 15) is 5.11 Å². The van der Waals surface area contributed by atoms with Gasteiger partial charge < -0.3 is 15.2 Å². The van der Waals surface area contributed by atoms with E-state index in [1.54, 1.807) is 12.1 Å². The molecule has 5 nitrogen and oxygen atoms in total. The Morgan fingerprint density at radius 3 is 2.25 bits per heavy atom. The molecule has 2 N–H and O–H groups in total. The first-order valence-electron chi connectivity index (χ1n) is 8.32. The highest BCUT2D eigenvalue weighted by Crippen LogP contribution is 2.31. The number of nitrogens with one attached hydrogen (secondary N) is 1. The van der Waals surface area contributed by atoms with Crippen LogP contribution in [0.15, 0.2) is 36.4 Å². The second-order valence-corrected chi connectivity index (χ2v) is 7.81. The van der Waals surface area contributed by atoms with Crippen LogP contribution in [0.3, 0.4) is 0 Å². The predicted molar refractivity (Wildman–Crippen MR) is 94.1 cm³/mol. The number of benzene rings is 1. The molecule has 0 unspecified atom stereocenters. The van der Waals surface area contributed by atoms with Crippen LogP contribution in [0, 0.1) is 0 Å². The first-order valence-corrected chi connectivity index (χ1v) is 8.32. The van der Waals surface area contributed by atoms with Gasteiger partial charge in [-0.25, -0.2) is 0 Å². The number of phenolic OH excluding ortho intramolecular Hbond substituents is 1. The van der Waals surface area contributed by atoms with Gasteiger partial charge in [-0.05, 0) is 45.9 Å². The fourth-order valence-electron chi connectivity index (χ4n) is 3.70. The van der Waals surface area contributed by atoms with Crippen LogP contribution in [0.25, 0.3) is 11.3 Å². The Labute approximate surface area is 143 Å². The van der Waals surface area contributed by atoms with Crippen molar-refractivity contribution < 1.29 is 9.84 Å². The minimum atomic E-state index is 0.0234. The first-order chi connectivity index (χ1) is 11.2. The summed E-state index contributed by atoms with van der Waals surface area (Å²) in [5, 5.41) is 21.9. The normalized spacial score (nSPS) is 19.8. The summed E-state index contributed by atoms with van der Waals surface area (Å²) in [4.78, 5) is 0. The second kappa shape index (κ2) is 6.06. The number of hydrogen-bond donors (Lipinski definition) is 2. The molecule has 1 aromatic heterocycles. The van der Waals surface area contributed by atoms with Crippen molar-refractivity contribution in [1.29, 1.82) is 0 Å². The number of phenols is 1. The molecule has 1 saturated heterocycles. The molecule has 0 saturated carbocycles. The summed E-state index contributed by atoms with van der Waals surface area (Å²) in [6.07, 6.45) is 1.93. The number of rotatable bonds is 3. The minimum absolute atomic E-state index is 0.0234. The fraction of sp³-hybridized carbons (Fsp3) is 0.474. The van der Waals surface area contributed by atoms with E-state index in [0.29, 0.717) is 17.1 Å². The van der Waals surface area contributed by atoms with Crippen LogP contribution in [0.4, 0.5) is 0 Å². The molecule has 1 fully saturated rings. The number of piperidine rings is 1. The maximum Gasteiger partial charge on any atom is 0.233 e. The molecule has 0 bridgehead atoms. The Kier molecular flexibility index (Phi) is 4.22. The van der Waals surface area contributed by atoms with Crippen LogP contribution < -0.4 is 10.1 Å². The Hall–Kier alpha value is -2.14. The van der Waals surface area contributed by atoms with Crippen LogP contribution in [-0.4, -0.2) is 32.5 Å². The summed E-state index contributed by atoms with van der Waals surface area (Å²) >= 11 is 0. The maximum atomic E-state index is 9.90. The average Bonchev–Trinajstić information content (AvgIpc) is 2.45. The number of hydrogen-bond acceptors (Lipinski definition) is 5. The smallest absolute Gasteiger partial charge is 0.233 e. The van der Waals surface area contributed by atoms with Crippen molar-refractivity contribution in [2.75, 3.05) is 0 Å². The van der Waals surface area contributed by atoms with E-state index in [-0.39, 0.29) is 22.9 Å². The number of aromatic nitrogens is 2. The van der Waals surface area contributed by atoms with E-state index in [2.05, 4.69) is 43.2 Å². The van der Waals surface area contributed by atoms with Gasteiger partial charge in [-0.2, -0.15) is 0 Å². The van der Waals surface area contributed by atoms with Gasteiger partial charge in [-0.1, -0.05) is 12.1 Å². The Bertz CT molecular complexity index is 695. The van der Waals surface area contributed by atoms with E-state index in [1.165, 1.54) is 0 Å². The van der Waals surface area contributed by atoms with E-state index in [0.717, 1.165) is 12.8 Å². The highest BCUT2D eigenvalue weighted by atomic mass is 16.5.